The van der Waals surface area contributed by atoms with Gasteiger partial charge in [-0.1, -0.05) is 18.2 Å². The summed E-state index contributed by atoms with van der Waals surface area (Å²) in [4.78, 5) is 8.19. The summed E-state index contributed by atoms with van der Waals surface area (Å²) in [5.74, 6) is 2.43. The molecule has 1 aliphatic heterocycles. The van der Waals surface area contributed by atoms with Gasteiger partial charge < -0.3 is 4.90 Å². The van der Waals surface area contributed by atoms with Crippen LogP contribution in [0.4, 0.5) is 5.82 Å². The van der Waals surface area contributed by atoms with Crippen LogP contribution in [0, 0.1) is 0 Å². The van der Waals surface area contributed by atoms with Gasteiger partial charge in [-0.3, -0.25) is 5.14 Å². The molecule has 0 amide bonds. The number of aromatic nitrogens is 1. The molecule has 2 unspecified atom stereocenters. The predicted molar refractivity (Wildman–Crippen MR) is 92.3 cm³/mol. The molecular weight excluding hydrogens is 290 g/mol. The maximum Gasteiger partial charge on any atom is 0.128 e. The van der Waals surface area contributed by atoms with Crippen molar-refractivity contribution in [3.05, 3.63) is 53.7 Å². The number of nitrogens with zero attached hydrogens (tertiary/aromatic N) is 2. The Morgan fingerprint density at radius 1 is 0.955 bits per heavy atom. The highest BCUT2D eigenvalue weighted by atomic mass is 32.2. The maximum absolute atomic E-state index is 5.58. The third kappa shape index (κ3) is 2.73. The largest absolute Gasteiger partial charge is 0.357 e. The minimum Gasteiger partial charge on any atom is -0.357 e. The van der Waals surface area contributed by atoms with E-state index in [9.17, 15) is 0 Å². The van der Waals surface area contributed by atoms with Gasteiger partial charge in [-0.2, -0.15) is 0 Å². The smallest absolute Gasteiger partial charge is 0.128 e. The van der Waals surface area contributed by atoms with Gasteiger partial charge in [0.05, 0.1) is 0 Å². The lowest BCUT2D eigenvalue weighted by molar-refractivity contribution is 0.927. The highest BCUT2D eigenvalue weighted by molar-refractivity contribution is 7.97. The fraction of sp³-hybridized carbons (Fsp3) is 0.389. The Morgan fingerprint density at radius 3 is 2.27 bits per heavy atom. The molecule has 1 aliphatic carbocycles. The van der Waals surface area contributed by atoms with E-state index in [0.29, 0.717) is 11.8 Å². The second kappa shape index (κ2) is 5.94. The zero-order valence-corrected chi connectivity index (χ0v) is 13.4. The monoisotopic (exact) mass is 311 g/mol. The first kappa shape index (κ1) is 14.1. The molecule has 3 nitrogen and oxygen atoms in total. The molecule has 2 heterocycles. The minimum absolute atomic E-state index is 0.636. The lowest BCUT2D eigenvalue weighted by atomic mass is 10.1. The lowest BCUT2D eigenvalue weighted by Gasteiger charge is -2.16. The van der Waals surface area contributed by atoms with Crippen LogP contribution in [0.3, 0.4) is 0 Å². The first-order valence-corrected chi connectivity index (χ1v) is 8.91. The number of hydrogen-bond acceptors (Lipinski definition) is 4. The molecule has 0 spiro atoms. The first-order valence-electron chi connectivity index (χ1n) is 8.03. The minimum atomic E-state index is 0.636. The molecule has 4 rings (SSSR count). The number of benzene rings is 1. The number of hydrogen-bond donors (Lipinski definition) is 1. The Bertz CT molecular complexity index is 632. The molecule has 2 N–H and O–H groups in total. The first-order chi connectivity index (χ1) is 10.8. The van der Waals surface area contributed by atoms with Gasteiger partial charge in [0.2, 0.25) is 0 Å². The SMILES string of the molecule is NSc1ccc(C2CC2c2ccc(N3CCCC3)nc2)cc1. The molecule has 0 bridgehead atoms. The predicted octanol–water partition coefficient (Wildman–Crippen LogP) is 3.92. The molecule has 2 fully saturated rings. The van der Waals surface area contributed by atoms with E-state index in [4.69, 9.17) is 5.14 Å². The fourth-order valence-corrected chi connectivity index (χ4v) is 3.77. The van der Waals surface area contributed by atoms with Crippen LogP contribution in [0.1, 0.15) is 42.2 Å². The van der Waals surface area contributed by atoms with E-state index in [0.717, 1.165) is 23.8 Å². The standard InChI is InChI=1S/C18H21N3S/c19-22-15-6-3-13(4-7-15)16-11-17(16)14-5-8-18(20-12-14)21-9-1-2-10-21/h3-8,12,16-17H,1-2,9-11,19H2. The number of rotatable bonds is 4. The van der Waals surface area contributed by atoms with E-state index in [-0.39, 0.29) is 0 Å². The van der Waals surface area contributed by atoms with Gasteiger partial charge in [0.1, 0.15) is 5.82 Å². The number of anilines is 1. The van der Waals surface area contributed by atoms with Crippen LogP contribution in [0.5, 0.6) is 0 Å². The highest BCUT2D eigenvalue weighted by Gasteiger charge is 2.39. The highest BCUT2D eigenvalue weighted by Crippen LogP contribution is 2.54. The molecule has 2 atom stereocenters. The molecule has 22 heavy (non-hydrogen) atoms. The molecule has 2 aromatic rings. The summed E-state index contributed by atoms with van der Waals surface area (Å²) in [5.41, 5.74) is 2.80. The van der Waals surface area contributed by atoms with Gasteiger partial charge in [-0.15, -0.1) is 0 Å². The van der Waals surface area contributed by atoms with Crippen molar-refractivity contribution in [1.82, 2.24) is 4.98 Å². The second-order valence-corrected chi connectivity index (χ2v) is 6.99. The van der Waals surface area contributed by atoms with Gasteiger partial charge in [-0.05, 0) is 72.4 Å². The van der Waals surface area contributed by atoms with Crippen LogP contribution in [-0.2, 0) is 0 Å². The van der Waals surface area contributed by atoms with Gasteiger partial charge in [0, 0.05) is 24.2 Å². The lowest BCUT2D eigenvalue weighted by Crippen LogP contribution is -2.18. The third-order valence-electron chi connectivity index (χ3n) is 4.86. The number of pyridine rings is 1. The van der Waals surface area contributed by atoms with Crippen LogP contribution in [0.2, 0.25) is 0 Å². The summed E-state index contributed by atoms with van der Waals surface area (Å²) in [6.45, 7) is 2.31. The average Bonchev–Trinajstić information content (AvgIpc) is 3.19. The molecule has 1 saturated carbocycles. The summed E-state index contributed by atoms with van der Waals surface area (Å²) < 4.78 is 0. The molecule has 1 aromatic carbocycles. The van der Waals surface area contributed by atoms with Crippen LogP contribution in [-0.4, -0.2) is 18.1 Å². The normalized spacial score (nSPS) is 23.8. The van der Waals surface area contributed by atoms with Crippen molar-refractivity contribution in [2.24, 2.45) is 5.14 Å². The van der Waals surface area contributed by atoms with Crippen molar-refractivity contribution < 1.29 is 0 Å². The van der Waals surface area contributed by atoms with Gasteiger partial charge in [-0.25, -0.2) is 4.98 Å². The van der Waals surface area contributed by atoms with Crippen LogP contribution >= 0.6 is 11.9 Å². The van der Waals surface area contributed by atoms with Crippen molar-refractivity contribution in [3.8, 4) is 0 Å². The maximum atomic E-state index is 5.58. The number of nitrogens with two attached hydrogens (primary N) is 1. The second-order valence-electron chi connectivity index (χ2n) is 6.28. The zero-order chi connectivity index (χ0) is 14.9. The molecule has 0 radical (unpaired) electrons. The van der Waals surface area contributed by atoms with Crippen LogP contribution < -0.4 is 10.0 Å². The van der Waals surface area contributed by atoms with Crippen molar-refractivity contribution in [2.45, 2.75) is 36.0 Å². The zero-order valence-electron chi connectivity index (χ0n) is 12.6. The van der Waals surface area contributed by atoms with Gasteiger partial charge >= 0.3 is 0 Å². The van der Waals surface area contributed by atoms with Gasteiger partial charge in [0.25, 0.3) is 0 Å². The van der Waals surface area contributed by atoms with Crippen molar-refractivity contribution in [1.29, 1.82) is 0 Å². The quantitative estimate of drug-likeness (QED) is 0.869. The van der Waals surface area contributed by atoms with E-state index < -0.39 is 0 Å². The van der Waals surface area contributed by atoms with Crippen molar-refractivity contribution in [3.63, 3.8) is 0 Å². The summed E-state index contributed by atoms with van der Waals surface area (Å²) in [6.07, 6.45) is 5.92. The molecule has 2 aliphatic rings. The molecule has 1 aromatic heterocycles. The van der Waals surface area contributed by atoms with E-state index in [1.807, 2.05) is 0 Å². The van der Waals surface area contributed by atoms with Gasteiger partial charge in [0.15, 0.2) is 0 Å². The molecule has 1 saturated heterocycles. The van der Waals surface area contributed by atoms with Crippen LogP contribution in [0.25, 0.3) is 0 Å². The Morgan fingerprint density at radius 2 is 1.64 bits per heavy atom. The average molecular weight is 311 g/mol. The van der Waals surface area contributed by atoms with E-state index >= 15 is 0 Å². The molecule has 4 heteroatoms. The molecule has 114 valence electrons. The van der Waals surface area contributed by atoms with Crippen molar-refractivity contribution >= 4 is 17.8 Å². The van der Waals surface area contributed by atoms with Crippen LogP contribution in [0.15, 0.2) is 47.5 Å². The third-order valence-corrected chi connectivity index (χ3v) is 5.41. The summed E-state index contributed by atoms with van der Waals surface area (Å²) in [7, 11) is 0. The molecular formula is C18H21N3S. The topological polar surface area (TPSA) is 42.1 Å². The summed E-state index contributed by atoms with van der Waals surface area (Å²) in [5, 5.41) is 5.58. The summed E-state index contributed by atoms with van der Waals surface area (Å²) >= 11 is 1.31. The Balaban J connectivity index is 1.44. The van der Waals surface area contributed by atoms with Crippen molar-refractivity contribution in [2.75, 3.05) is 18.0 Å². The Kier molecular flexibility index (Phi) is 3.80. The Hall–Kier alpha value is -1.52. The van der Waals surface area contributed by atoms with E-state index in [2.05, 4.69) is 52.5 Å². The van der Waals surface area contributed by atoms with E-state index in [1.165, 1.54) is 42.3 Å². The Labute approximate surface area is 136 Å². The fourth-order valence-electron chi connectivity index (χ4n) is 3.48. The van der Waals surface area contributed by atoms with E-state index in [1.54, 1.807) is 0 Å². The summed E-state index contributed by atoms with van der Waals surface area (Å²) in [6, 6.07) is 13.1.